The number of esters is 1. The lowest BCUT2D eigenvalue weighted by Gasteiger charge is -2.49. The minimum Gasteiger partial charge on any atom is -0.494 e. The van der Waals surface area contributed by atoms with E-state index in [1.165, 1.54) is 24.8 Å². The molecule has 2 aromatic rings. The summed E-state index contributed by atoms with van der Waals surface area (Å²) in [7, 11) is 0. The molecule has 2 atom stereocenters. The zero-order valence-electron chi connectivity index (χ0n) is 19.5. The molecule has 2 amide bonds. The highest BCUT2D eigenvalue weighted by Gasteiger charge is 2.54. The lowest BCUT2D eigenvalue weighted by atomic mass is 10.0. The van der Waals surface area contributed by atoms with Crippen LogP contribution in [0.15, 0.2) is 52.1 Å². The number of carboxylic acids is 1. The highest BCUT2D eigenvalue weighted by atomic mass is 32.2. The first-order chi connectivity index (χ1) is 17.3. The second-order valence-corrected chi connectivity index (χ2v) is 8.96. The van der Waals surface area contributed by atoms with E-state index in [4.69, 9.17) is 18.6 Å². The van der Waals surface area contributed by atoms with Crippen LogP contribution >= 0.6 is 11.8 Å². The summed E-state index contributed by atoms with van der Waals surface area (Å²) in [6.45, 7) is 3.55. The molecule has 1 aromatic carbocycles. The summed E-state index contributed by atoms with van der Waals surface area (Å²) in [6, 6.07) is 9.24. The molecule has 36 heavy (non-hydrogen) atoms. The van der Waals surface area contributed by atoms with E-state index in [-0.39, 0.29) is 30.4 Å². The summed E-state index contributed by atoms with van der Waals surface area (Å²) in [5.41, 5.74) is 0.0995. The second kappa shape index (κ2) is 10.8. The van der Waals surface area contributed by atoms with E-state index >= 15 is 0 Å². The fourth-order valence-corrected chi connectivity index (χ4v) is 5.05. The molecule has 0 aliphatic carbocycles. The number of nitrogens with one attached hydrogen (secondary N) is 1. The molecular formula is C24H24N2O9S. The Morgan fingerprint density at radius 1 is 1.11 bits per heavy atom. The predicted octanol–water partition coefficient (Wildman–Crippen LogP) is 2.17. The van der Waals surface area contributed by atoms with Crippen LogP contribution in [0.25, 0.3) is 0 Å². The van der Waals surface area contributed by atoms with Crippen LogP contribution in [0.1, 0.15) is 30.2 Å². The molecule has 2 aliphatic rings. The van der Waals surface area contributed by atoms with Crippen LogP contribution in [-0.2, 0) is 25.7 Å². The van der Waals surface area contributed by atoms with Gasteiger partial charge in [0.1, 0.15) is 47.6 Å². The van der Waals surface area contributed by atoms with E-state index in [1.807, 2.05) is 6.92 Å². The molecule has 190 valence electrons. The fourth-order valence-electron chi connectivity index (χ4n) is 3.73. The number of hydrogen-bond acceptors (Lipinski definition) is 9. The van der Waals surface area contributed by atoms with Gasteiger partial charge < -0.3 is 29.1 Å². The first-order valence-corrected chi connectivity index (χ1v) is 12.1. The van der Waals surface area contributed by atoms with Crippen LogP contribution in [0.4, 0.5) is 0 Å². The summed E-state index contributed by atoms with van der Waals surface area (Å²) in [6.07, 6.45) is 0. The van der Waals surface area contributed by atoms with Crippen LogP contribution in [0.5, 0.6) is 11.5 Å². The van der Waals surface area contributed by atoms with E-state index in [0.717, 1.165) is 10.6 Å². The summed E-state index contributed by atoms with van der Waals surface area (Å²) >= 11 is 1.28. The van der Waals surface area contributed by atoms with Gasteiger partial charge in [0.05, 0.1) is 6.61 Å². The zero-order chi connectivity index (χ0) is 25.8. The summed E-state index contributed by atoms with van der Waals surface area (Å²) in [5.74, 6) is -1.05. The van der Waals surface area contributed by atoms with Gasteiger partial charge in [0.25, 0.3) is 11.8 Å². The molecule has 2 unspecified atom stereocenters. The van der Waals surface area contributed by atoms with Gasteiger partial charge in [0, 0.05) is 18.2 Å². The lowest BCUT2D eigenvalue weighted by molar-refractivity contribution is -0.149. The number of aliphatic carboxylic acids is 1. The largest absolute Gasteiger partial charge is 0.494 e. The average molecular weight is 517 g/mol. The van der Waals surface area contributed by atoms with Gasteiger partial charge in [-0.1, -0.05) is 0 Å². The number of carboxylic acid groups (broad SMARTS) is 1. The second-order valence-electron chi connectivity index (χ2n) is 7.86. The van der Waals surface area contributed by atoms with Crippen molar-refractivity contribution in [1.82, 2.24) is 10.2 Å². The highest BCUT2D eigenvalue weighted by Crippen LogP contribution is 2.40. The minimum absolute atomic E-state index is 0.00287. The Morgan fingerprint density at radius 3 is 2.44 bits per heavy atom. The third kappa shape index (κ3) is 5.33. The van der Waals surface area contributed by atoms with Crippen LogP contribution < -0.4 is 14.8 Å². The van der Waals surface area contributed by atoms with Crippen LogP contribution in [0.3, 0.4) is 0 Å². The number of carbonyl (C=O) groups is 4. The van der Waals surface area contributed by atoms with Crippen LogP contribution in [-0.4, -0.2) is 64.1 Å². The number of amides is 2. The van der Waals surface area contributed by atoms with Crippen molar-refractivity contribution < 1.29 is 42.9 Å². The van der Waals surface area contributed by atoms with Gasteiger partial charge in [0.2, 0.25) is 0 Å². The molecule has 3 heterocycles. The van der Waals surface area contributed by atoms with Crippen molar-refractivity contribution in [2.45, 2.75) is 31.9 Å². The van der Waals surface area contributed by atoms with Crippen LogP contribution in [0.2, 0.25) is 0 Å². The number of thioether (sulfide) groups is 1. The number of rotatable bonds is 10. The number of hydrogen-bond donors (Lipinski definition) is 2. The van der Waals surface area contributed by atoms with Crippen molar-refractivity contribution in [2.24, 2.45) is 0 Å². The summed E-state index contributed by atoms with van der Waals surface area (Å²) in [5, 5.41) is 11.6. The molecule has 2 aliphatic heterocycles. The zero-order valence-corrected chi connectivity index (χ0v) is 20.3. The highest BCUT2D eigenvalue weighted by molar-refractivity contribution is 8.00. The lowest BCUT2D eigenvalue weighted by Crippen LogP contribution is -2.70. The number of nitrogens with zero attached hydrogens (tertiary/aromatic N) is 1. The Kier molecular flexibility index (Phi) is 7.53. The molecule has 4 rings (SSSR count). The van der Waals surface area contributed by atoms with E-state index < -0.39 is 35.2 Å². The first kappa shape index (κ1) is 25.2. The van der Waals surface area contributed by atoms with Crippen molar-refractivity contribution >= 4 is 35.5 Å². The molecular weight excluding hydrogens is 492 g/mol. The Balaban J connectivity index is 1.35. The van der Waals surface area contributed by atoms with Crippen molar-refractivity contribution in [3.8, 4) is 11.5 Å². The number of benzene rings is 1. The molecule has 1 aromatic heterocycles. The van der Waals surface area contributed by atoms with Gasteiger partial charge in [-0.2, -0.15) is 0 Å². The monoisotopic (exact) mass is 516 g/mol. The van der Waals surface area contributed by atoms with E-state index in [0.29, 0.717) is 23.7 Å². The molecule has 11 nitrogen and oxygen atoms in total. The number of fused-ring (bicyclic) bond motifs is 1. The average Bonchev–Trinajstić information content (AvgIpc) is 3.34. The molecule has 0 saturated carbocycles. The van der Waals surface area contributed by atoms with Crippen molar-refractivity contribution in [2.75, 3.05) is 19.0 Å². The maximum absolute atomic E-state index is 12.7. The van der Waals surface area contributed by atoms with Gasteiger partial charge in [-0.15, -0.1) is 11.8 Å². The van der Waals surface area contributed by atoms with E-state index in [9.17, 15) is 24.3 Å². The number of carbonyl (C=O) groups excluding carboxylic acids is 3. The quantitative estimate of drug-likeness (QED) is 0.356. The smallest absolute Gasteiger partial charge is 0.352 e. The Hall–Kier alpha value is -3.93. The van der Waals surface area contributed by atoms with Crippen molar-refractivity contribution in [3.63, 3.8) is 0 Å². The van der Waals surface area contributed by atoms with Gasteiger partial charge in [-0.05, 0) is 43.3 Å². The number of ether oxygens (including phenoxy) is 3. The normalized spacial score (nSPS) is 18.7. The van der Waals surface area contributed by atoms with E-state index in [1.54, 1.807) is 30.3 Å². The molecule has 12 heteroatoms. The standard InChI is InChI=1S/C24H24N2O9S/c1-3-32-15-4-6-16(7-5-15)34-11-17-8-9-18(35-17)21(28)25-19-22(29)26-20(24(30)31)14(10-33-13(2)27)12-36-23(19)26/h4-9,19,23H,3,10-12H2,1-2H3,(H,25,28)(H,30,31). The van der Waals surface area contributed by atoms with E-state index in [2.05, 4.69) is 5.32 Å². The fraction of sp³-hybridized carbons (Fsp3) is 0.333. The molecule has 1 saturated heterocycles. The van der Waals surface area contributed by atoms with Gasteiger partial charge in [0.15, 0.2) is 5.76 Å². The van der Waals surface area contributed by atoms with Gasteiger partial charge >= 0.3 is 11.9 Å². The maximum atomic E-state index is 12.7. The molecule has 0 bridgehead atoms. The van der Waals surface area contributed by atoms with Crippen molar-refractivity contribution in [3.05, 3.63) is 59.2 Å². The predicted molar refractivity (Wildman–Crippen MR) is 126 cm³/mol. The molecule has 0 radical (unpaired) electrons. The molecule has 0 spiro atoms. The topological polar surface area (TPSA) is 145 Å². The minimum atomic E-state index is -1.30. The molecule has 1 fully saturated rings. The van der Waals surface area contributed by atoms with Gasteiger partial charge in [-0.3, -0.25) is 19.3 Å². The Labute approximate surface area is 210 Å². The van der Waals surface area contributed by atoms with Crippen LogP contribution in [0, 0.1) is 0 Å². The number of furan rings is 1. The Bertz CT molecular complexity index is 1200. The first-order valence-electron chi connectivity index (χ1n) is 11.1. The van der Waals surface area contributed by atoms with Gasteiger partial charge in [-0.25, -0.2) is 4.79 Å². The maximum Gasteiger partial charge on any atom is 0.352 e. The number of β-lactam (4-membered cyclic amide) rings is 1. The van der Waals surface area contributed by atoms with Crippen molar-refractivity contribution in [1.29, 1.82) is 0 Å². The third-order valence-corrected chi connectivity index (χ3v) is 6.73. The summed E-state index contributed by atoms with van der Waals surface area (Å²) < 4.78 is 21.5. The molecule has 2 N–H and O–H groups in total. The Morgan fingerprint density at radius 2 is 1.81 bits per heavy atom. The summed E-state index contributed by atoms with van der Waals surface area (Å²) in [4.78, 5) is 49.4. The SMILES string of the molecule is CCOc1ccc(OCc2ccc(C(=O)NC3C(=O)N4C(C(=O)O)=C(COC(C)=O)CSC34)o2)cc1. The third-order valence-electron chi connectivity index (χ3n) is 5.39.